The molecule has 1 atom stereocenters. The van der Waals surface area contributed by atoms with Gasteiger partial charge in [-0.05, 0) is 25.0 Å². The molecule has 0 saturated heterocycles. The fourth-order valence-electron chi connectivity index (χ4n) is 2.76. The van der Waals surface area contributed by atoms with Crippen LogP contribution in [0.2, 0.25) is 0 Å². The molecular formula is C26H41N. The third-order valence-corrected chi connectivity index (χ3v) is 4.91. The van der Waals surface area contributed by atoms with Gasteiger partial charge in [-0.3, -0.25) is 0 Å². The summed E-state index contributed by atoms with van der Waals surface area (Å²) in [4.78, 5) is 0. The van der Waals surface area contributed by atoms with Gasteiger partial charge in [0.2, 0.25) is 0 Å². The second-order valence-corrected chi connectivity index (χ2v) is 10.6. The lowest BCUT2D eigenvalue weighted by Gasteiger charge is -2.27. The summed E-state index contributed by atoms with van der Waals surface area (Å²) in [7, 11) is 0. The lowest BCUT2D eigenvalue weighted by Crippen LogP contribution is -2.29. The minimum atomic E-state index is -0.296. The van der Waals surface area contributed by atoms with Crippen LogP contribution in [-0.4, -0.2) is 5.54 Å². The quantitative estimate of drug-likeness (QED) is 0.391. The number of hydrogen-bond donors (Lipinski definition) is 1. The van der Waals surface area contributed by atoms with Crippen molar-refractivity contribution in [3.05, 3.63) is 72.4 Å². The molecule has 0 amide bonds. The first-order valence-electron chi connectivity index (χ1n) is 10.0. The minimum absolute atomic E-state index is 0.0321. The normalized spacial score (nSPS) is 22.4. The highest BCUT2D eigenvalue weighted by atomic mass is 14.7. The Balaban J connectivity index is 3.04. The number of allylic oxidation sites excluding steroid dienone is 10. The van der Waals surface area contributed by atoms with Gasteiger partial charge in [-0.1, -0.05) is 110 Å². The Morgan fingerprint density at radius 2 is 1.52 bits per heavy atom. The van der Waals surface area contributed by atoms with Crippen LogP contribution in [0.4, 0.5) is 0 Å². The van der Waals surface area contributed by atoms with Crippen LogP contribution >= 0.6 is 0 Å². The molecule has 2 N–H and O–H groups in total. The van der Waals surface area contributed by atoms with E-state index < -0.39 is 0 Å². The Morgan fingerprint density at radius 3 is 2.07 bits per heavy atom. The van der Waals surface area contributed by atoms with Crippen molar-refractivity contribution in [1.29, 1.82) is 0 Å². The number of rotatable bonds is 6. The van der Waals surface area contributed by atoms with Crippen LogP contribution in [0.1, 0.15) is 62.3 Å². The maximum atomic E-state index is 6.07. The molecule has 0 aliphatic heterocycles. The van der Waals surface area contributed by atoms with Gasteiger partial charge in [0, 0.05) is 27.7 Å². The Kier molecular flexibility index (Phi) is 7.11. The van der Waals surface area contributed by atoms with Crippen molar-refractivity contribution in [2.24, 2.45) is 27.9 Å². The van der Waals surface area contributed by atoms with E-state index in [9.17, 15) is 0 Å². The summed E-state index contributed by atoms with van der Waals surface area (Å²) in [5, 5.41) is 0. The van der Waals surface area contributed by atoms with Crippen LogP contribution in [0.15, 0.2) is 72.4 Å². The van der Waals surface area contributed by atoms with Gasteiger partial charge in [0.25, 0.3) is 0 Å². The zero-order valence-electron chi connectivity index (χ0n) is 19.1. The fourth-order valence-corrected chi connectivity index (χ4v) is 2.76. The first kappa shape index (κ1) is 23.4. The van der Waals surface area contributed by atoms with Gasteiger partial charge in [0.15, 0.2) is 0 Å². The predicted octanol–water partition coefficient (Wildman–Crippen LogP) is 7.16. The second-order valence-electron chi connectivity index (χ2n) is 10.6. The third-order valence-electron chi connectivity index (χ3n) is 4.91. The molecule has 0 aromatic heterocycles. The zero-order chi connectivity index (χ0) is 21.1. The van der Waals surface area contributed by atoms with E-state index in [2.05, 4.69) is 110 Å². The molecule has 0 spiro atoms. The minimum Gasteiger partial charge on any atom is -0.322 e. The van der Waals surface area contributed by atoms with Crippen molar-refractivity contribution in [1.82, 2.24) is 0 Å². The van der Waals surface area contributed by atoms with Crippen LogP contribution in [0, 0.1) is 22.2 Å². The Bertz CT molecular complexity index is 682. The molecule has 0 bridgehead atoms. The summed E-state index contributed by atoms with van der Waals surface area (Å²) in [6.45, 7) is 24.0. The van der Waals surface area contributed by atoms with Crippen LogP contribution in [0.25, 0.3) is 0 Å². The lowest BCUT2D eigenvalue weighted by atomic mass is 9.78. The first-order valence-corrected chi connectivity index (χ1v) is 10.0. The van der Waals surface area contributed by atoms with Crippen molar-refractivity contribution < 1.29 is 0 Å². The number of nitrogens with two attached hydrogens (primary N) is 1. The SMILES string of the molecule is C=C(/C=C\C(C)(C)/C=C\C(C)(C)N)C(C)C1=CC(C)(C)/C=C\C(C)(C)C=C1. The fraction of sp³-hybridized carbons (Fsp3) is 0.538. The molecule has 1 nitrogen and oxygen atoms in total. The van der Waals surface area contributed by atoms with Crippen molar-refractivity contribution >= 4 is 0 Å². The van der Waals surface area contributed by atoms with Gasteiger partial charge < -0.3 is 5.73 Å². The third kappa shape index (κ3) is 8.75. The van der Waals surface area contributed by atoms with Gasteiger partial charge >= 0.3 is 0 Å². The highest BCUT2D eigenvalue weighted by Crippen LogP contribution is 2.34. The van der Waals surface area contributed by atoms with E-state index >= 15 is 0 Å². The van der Waals surface area contributed by atoms with Gasteiger partial charge in [0.1, 0.15) is 0 Å². The molecule has 1 aliphatic carbocycles. The van der Waals surface area contributed by atoms with E-state index in [1.807, 2.05) is 13.8 Å². The van der Waals surface area contributed by atoms with Gasteiger partial charge in [-0.25, -0.2) is 0 Å². The van der Waals surface area contributed by atoms with Gasteiger partial charge in [0.05, 0.1) is 0 Å². The van der Waals surface area contributed by atoms with E-state index in [4.69, 9.17) is 5.73 Å². The van der Waals surface area contributed by atoms with Crippen molar-refractivity contribution in [2.75, 3.05) is 0 Å². The molecule has 1 rings (SSSR count). The maximum absolute atomic E-state index is 6.07. The Hall–Kier alpha value is -1.60. The summed E-state index contributed by atoms with van der Waals surface area (Å²) < 4.78 is 0. The molecule has 150 valence electrons. The van der Waals surface area contributed by atoms with E-state index in [0.29, 0.717) is 0 Å². The highest BCUT2D eigenvalue weighted by Gasteiger charge is 2.21. The Morgan fingerprint density at radius 1 is 0.963 bits per heavy atom. The second kappa shape index (κ2) is 8.19. The molecule has 0 radical (unpaired) electrons. The lowest BCUT2D eigenvalue weighted by molar-refractivity contribution is 0.566. The van der Waals surface area contributed by atoms with Crippen LogP contribution in [-0.2, 0) is 0 Å². The smallest absolute Gasteiger partial charge is 0.0281 e. The van der Waals surface area contributed by atoms with E-state index in [0.717, 1.165) is 5.57 Å². The molecule has 27 heavy (non-hydrogen) atoms. The van der Waals surface area contributed by atoms with E-state index in [1.165, 1.54) is 5.57 Å². The topological polar surface area (TPSA) is 26.0 Å². The van der Waals surface area contributed by atoms with Crippen molar-refractivity contribution in [2.45, 2.75) is 67.9 Å². The van der Waals surface area contributed by atoms with Crippen LogP contribution in [0.3, 0.4) is 0 Å². The first-order chi connectivity index (χ1) is 12.0. The molecule has 0 saturated carbocycles. The summed E-state index contributed by atoms with van der Waals surface area (Å²) in [6, 6.07) is 0. The van der Waals surface area contributed by atoms with Crippen LogP contribution < -0.4 is 5.73 Å². The molecule has 0 aromatic rings. The molecule has 0 aromatic carbocycles. The van der Waals surface area contributed by atoms with E-state index in [1.54, 1.807) is 0 Å². The van der Waals surface area contributed by atoms with Crippen molar-refractivity contribution in [3.63, 3.8) is 0 Å². The van der Waals surface area contributed by atoms with Gasteiger partial charge in [-0.2, -0.15) is 0 Å². The average molecular weight is 368 g/mol. The Labute approximate surface area is 168 Å². The van der Waals surface area contributed by atoms with Gasteiger partial charge in [-0.15, -0.1) is 0 Å². The largest absolute Gasteiger partial charge is 0.322 e. The van der Waals surface area contributed by atoms with E-state index in [-0.39, 0.29) is 27.7 Å². The number of hydrogen-bond acceptors (Lipinski definition) is 1. The maximum Gasteiger partial charge on any atom is 0.0281 e. The highest BCUT2D eigenvalue weighted by molar-refractivity contribution is 5.38. The molecule has 0 fully saturated rings. The average Bonchev–Trinajstić information content (AvgIpc) is 2.51. The molecule has 1 aliphatic rings. The molecular weight excluding hydrogens is 326 g/mol. The molecule has 0 heterocycles. The summed E-state index contributed by atoms with van der Waals surface area (Å²) in [6.07, 6.45) is 20.2. The van der Waals surface area contributed by atoms with Crippen molar-refractivity contribution in [3.8, 4) is 0 Å². The predicted molar refractivity (Wildman–Crippen MR) is 123 cm³/mol. The zero-order valence-corrected chi connectivity index (χ0v) is 19.1. The molecule has 1 unspecified atom stereocenters. The molecule has 1 heteroatoms. The standard InChI is InChI=1S/C26H41N/c1-20(11-13-23(3,4)17-18-26(9,10)27)21(2)22-12-14-24(5,6)15-16-25(7,8)19-22/h11-19,21H,1,27H2,2-10H3/b13-11-,14-12?,16-15-,18-17-,22-19?. The summed E-state index contributed by atoms with van der Waals surface area (Å²) in [5.74, 6) is 0.268. The van der Waals surface area contributed by atoms with Crippen LogP contribution in [0.5, 0.6) is 0 Å². The monoisotopic (exact) mass is 367 g/mol. The summed E-state index contributed by atoms with van der Waals surface area (Å²) in [5.41, 5.74) is 8.26. The summed E-state index contributed by atoms with van der Waals surface area (Å²) >= 11 is 0.